The minimum atomic E-state index is -0.676. The van der Waals surface area contributed by atoms with Gasteiger partial charge in [0.05, 0.1) is 4.92 Å². The van der Waals surface area contributed by atoms with E-state index in [1.54, 1.807) is 36.4 Å². The van der Waals surface area contributed by atoms with Gasteiger partial charge in [-0.15, -0.1) is 0 Å². The van der Waals surface area contributed by atoms with E-state index in [-0.39, 0.29) is 17.0 Å². The SMILES string of the molecule is N#CC(=Cc1ccc(-c2cc(Cl)cc(Cl)c2)o1)C(=O)Nc1ccc([N+](=O)[O-])cc1. The third-order valence-electron chi connectivity index (χ3n) is 3.76. The van der Waals surface area contributed by atoms with Crippen molar-refractivity contribution in [1.82, 2.24) is 0 Å². The monoisotopic (exact) mass is 427 g/mol. The molecule has 0 fully saturated rings. The number of furan rings is 1. The van der Waals surface area contributed by atoms with Crippen LogP contribution in [0.1, 0.15) is 5.76 Å². The van der Waals surface area contributed by atoms with E-state index in [1.807, 2.05) is 0 Å². The molecular weight excluding hydrogens is 417 g/mol. The van der Waals surface area contributed by atoms with Gasteiger partial charge in [-0.2, -0.15) is 5.26 Å². The van der Waals surface area contributed by atoms with Gasteiger partial charge in [-0.1, -0.05) is 23.2 Å². The average Bonchev–Trinajstić information content (AvgIpc) is 3.14. The zero-order valence-corrected chi connectivity index (χ0v) is 16.1. The average molecular weight is 428 g/mol. The maximum atomic E-state index is 12.3. The van der Waals surface area contributed by atoms with Crippen molar-refractivity contribution in [3.05, 3.63) is 86.1 Å². The maximum Gasteiger partial charge on any atom is 0.269 e. The van der Waals surface area contributed by atoms with Crippen LogP contribution in [0.4, 0.5) is 11.4 Å². The first-order chi connectivity index (χ1) is 13.9. The molecule has 0 aliphatic rings. The molecule has 1 amide bonds. The van der Waals surface area contributed by atoms with E-state index in [4.69, 9.17) is 27.6 Å². The molecule has 0 aliphatic heterocycles. The minimum absolute atomic E-state index is 0.108. The molecule has 9 heteroatoms. The lowest BCUT2D eigenvalue weighted by Crippen LogP contribution is -2.13. The van der Waals surface area contributed by atoms with Crippen molar-refractivity contribution in [2.45, 2.75) is 0 Å². The van der Waals surface area contributed by atoms with E-state index < -0.39 is 10.8 Å². The lowest BCUT2D eigenvalue weighted by atomic mass is 10.2. The largest absolute Gasteiger partial charge is 0.457 e. The zero-order chi connectivity index (χ0) is 21.0. The van der Waals surface area contributed by atoms with Crippen molar-refractivity contribution in [1.29, 1.82) is 5.26 Å². The number of anilines is 1. The van der Waals surface area contributed by atoms with Crippen LogP contribution in [-0.2, 0) is 4.79 Å². The number of halogens is 2. The van der Waals surface area contributed by atoms with Crippen molar-refractivity contribution in [3.8, 4) is 17.4 Å². The van der Waals surface area contributed by atoms with Crippen LogP contribution >= 0.6 is 23.2 Å². The van der Waals surface area contributed by atoms with Gasteiger partial charge in [0.25, 0.3) is 11.6 Å². The van der Waals surface area contributed by atoms with Crippen LogP contribution in [0.3, 0.4) is 0 Å². The quantitative estimate of drug-likeness (QED) is 0.242. The van der Waals surface area contributed by atoms with Crippen LogP contribution in [0.25, 0.3) is 17.4 Å². The van der Waals surface area contributed by atoms with E-state index >= 15 is 0 Å². The predicted molar refractivity (Wildman–Crippen MR) is 109 cm³/mol. The summed E-state index contributed by atoms with van der Waals surface area (Å²) in [5, 5.41) is 23.4. The number of nitro benzene ring substituents is 1. The Kier molecular flexibility index (Phi) is 5.98. The fourth-order valence-electron chi connectivity index (χ4n) is 2.44. The smallest absolute Gasteiger partial charge is 0.269 e. The van der Waals surface area contributed by atoms with Crippen molar-refractivity contribution >= 4 is 46.6 Å². The lowest BCUT2D eigenvalue weighted by molar-refractivity contribution is -0.384. The summed E-state index contributed by atoms with van der Waals surface area (Å²) in [5.41, 5.74) is 0.656. The Bertz CT molecular complexity index is 1140. The second-order valence-electron chi connectivity index (χ2n) is 5.79. The Hall–Kier alpha value is -3.60. The molecular formula is C20H11Cl2N3O4. The van der Waals surface area contributed by atoms with Crippen LogP contribution < -0.4 is 5.32 Å². The summed E-state index contributed by atoms with van der Waals surface area (Å²) in [4.78, 5) is 22.4. The van der Waals surface area contributed by atoms with Crippen molar-refractivity contribution in [2.75, 3.05) is 5.32 Å². The number of amides is 1. The minimum Gasteiger partial charge on any atom is -0.457 e. The van der Waals surface area contributed by atoms with Crippen LogP contribution in [0.5, 0.6) is 0 Å². The summed E-state index contributed by atoms with van der Waals surface area (Å²) in [6.07, 6.45) is 1.29. The van der Waals surface area contributed by atoms with Crippen LogP contribution in [0, 0.1) is 21.4 Å². The molecule has 1 heterocycles. The Morgan fingerprint density at radius 1 is 1.10 bits per heavy atom. The number of benzene rings is 2. The van der Waals surface area contributed by atoms with Crippen molar-refractivity contribution < 1.29 is 14.1 Å². The first-order valence-corrected chi connectivity index (χ1v) is 8.85. The normalized spacial score (nSPS) is 11.0. The molecule has 1 N–H and O–H groups in total. The highest BCUT2D eigenvalue weighted by Crippen LogP contribution is 2.29. The highest BCUT2D eigenvalue weighted by Gasteiger charge is 2.13. The molecule has 1 aromatic heterocycles. The molecule has 144 valence electrons. The van der Waals surface area contributed by atoms with Gasteiger partial charge in [0.2, 0.25) is 0 Å². The number of nitrogens with zero attached hydrogens (tertiary/aromatic N) is 2. The van der Waals surface area contributed by atoms with E-state index in [0.29, 0.717) is 27.1 Å². The first-order valence-electron chi connectivity index (χ1n) is 8.09. The molecule has 0 saturated heterocycles. The summed E-state index contributed by atoms with van der Waals surface area (Å²) < 4.78 is 5.65. The number of carbonyl (C=O) groups excluding carboxylic acids is 1. The van der Waals surface area contributed by atoms with Gasteiger partial charge < -0.3 is 9.73 Å². The number of nitrogens with one attached hydrogen (secondary N) is 1. The topological polar surface area (TPSA) is 109 Å². The second-order valence-corrected chi connectivity index (χ2v) is 6.66. The molecule has 0 spiro atoms. The Morgan fingerprint density at radius 2 is 1.76 bits per heavy atom. The Morgan fingerprint density at radius 3 is 2.34 bits per heavy atom. The molecule has 0 unspecified atom stereocenters. The van der Waals surface area contributed by atoms with E-state index in [9.17, 15) is 20.2 Å². The number of nitriles is 1. The predicted octanol–water partition coefficient (Wildman–Crippen LogP) is 5.71. The summed E-state index contributed by atoms with van der Waals surface area (Å²) in [6, 6.07) is 15.3. The standard InChI is InChI=1S/C20H11Cl2N3O4/c21-14-7-12(8-15(22)10-14)19-6-5-18(29-19)9-13(11-23)20(26)24-16-1-3-17(4-2-16)25(27)28/h1-10H,(H,24,26). The van der Waals surface area contributed by atoms with Gasteiger partial charge >= 0.3 is 0 Å². The summed E-state index contributed by atoms with van der Waals surface area (Å²) in [7, 11) is 0. The van der Waals surface area contributed by atoms with E-state index in [2.05, 4.69) is 5.32 Å². The van der Waals surface area contributed by atoms with Gasteiger partial charge in [-0.05, 0) is 42.5 Å². The molecule has 0 atom stereocenters. The van der Waals surface area contributed by atoms with Gasteiger partial charge in [0.15, 0.2) is 0 Å². The number of hydrogen-bond donors (Lipinski definition) is 1. The summed E-state index contributed by atoms with van der Waals surface area (Å²) in [5.74, 6) is 0.0744. The van der Waals surface area contributed by atoms with Gasteiger partial charge in [-0.3, -0.25) is 14.9 Å². The number of non-ortho nitro benzene ring substituents is 1. The molecule has 0 radical (unpaired) electrons. The zero-order valence-electron chi connectivity index (χ0n) is 14.6. The van der Waals surface area contributed by atoms with Crippen LogP contribution in [0.2, 0.25) is 10.0 Å². The third-order valence-corrected chi connectivity index (χ3v) is 4.20. The van der Waals surface area contributed by atoms with Crippen LogP contribution in [0.15, 0.2) is 64.6 Å². The summed E-state index contributed by atoms with van der Waals surface area (Å²) in [6.45, 7) is 0. The van der Waals surface area contributed by atoms with Gasteiger partial charge in [0.1, 0.15) is 23.2 Å². The lowest BCUT2D eigenvalue weighted by Gasteiger charge is -2.03. The number of nitro groups is 1. The molecule has 0 saturated carbocycles. The second kappa shape index (κ2) is 8.61. The number of rotatable bonds is 5. The molecule has 29 heavy (non-hydrogen) atoms. The van der Waals surface area contributed by atoms with Gasteiger partial charge in [-0.25, -0.2) is 0 Å². The molecule has 3 aromatic rings. The van der Waals surface area contributed by atoms with Crippen molar-refractivity contribution in [2.24, 2.45) is 0 Å². The number of hydrogen-bond acceptors (Lipinski definition) is 5. The Balaban J connectivity index is 1.79. The molecule has 3 rings (SSSR count). The molecule has 0 bridgehead atoms. The summed E-state index contributed by atoms with van der Waals surface area (Å²) >= 11 is 12.0. The van der Waals surface area contributed by atoms with Crippen LogP contribution in [-0.4, -0.2) is 10.8 Å². The third kappa shape index (κ3) is 5.02. The first kappa shape index (κ1) is 20.1. The highest BCUT2D eigenvalue weighted by atomic mass is 35.5. The van der Waals surface area contributed by atoms with Crippen molar-refractivity contribution in [3.63, 3.8) is 0 Å². The maximum absolute atomic E-state index is 12.3. The highest BCUT2D eigenvalue weighted by molar-refractivity contribution is 6.35. The Labute approximate surface area is 174 Å². The molecule has 7 nitrogen and oxygen atoms in total. The fourth-order valence-corrected chi connectivity index (χ4v) is 2.96. The van der Waals surface area contributed by atoms with E-state index in [1.165, 1.54) is 30.3 Å². The number of carbonyl (C=O) groups is 1. The molecule has 0 aliphatic carbocycles. The fraction of sp³-hybridized carbons (Fsp3) is 0. The van der Waals surface area contributed by atoms with Gasteiger partial charge in [0, 0.05) is 39.5 Å². The molecule has 2 aromatic carbocycles. The van der Waals surface area contributed by atoms with E-state index in [0.717, 1.165) is 0 Å².